The molecule has 3 aliphatic rings. The van der Waals surface area contributed by atoms with Gasteiger partial charge in [0.1, 0.15) is 0 Å². The molecule has 1 aromatic heterocycles. The molecule has 2 heterocycles. The van der Waals surface area contributed by atoms with Crippen molar-refractivity contribution in [3.05, 3.63) is 15.6 Å². The van der Waals surface area contributed by atoms with Gasteiger partial charge >= 0.3 is 0 Å². The minimum Gasteiger partial charge on any atom is -0.392 e. The molecule has 1 aliphatic heterocycles. The lowest BCUT2D eigenvalue weighted by Gasteiger charge is -2.53. The Balaban J connectivity index is 1.53. The molecule has 156 valence electrons. The summed E-state index contributed by atoms with van der Waals surface area (Å²) in [6, 6.07) is 0. The van der Waals surface area contributed by atoms with Gasteiger partial charge in [0.25, 0.3) is 0 Å². The molecule has 1 amide bonds. The van der Waals surface area contributed by atoms with Gasteiger partial charge in [-0.2, -0.15) is 0 Å². The Morgan fingerprint density at radius 3 is 2.68 bits per heavy atom. The van der Waals surface area contributed by atoms with Crippen LogP contribution in [0.1, 0.15) is 55.1 Å². The number of carbonyl (C=O) groups is 1. The third-order valence-corrected chi connectivity index (χ3v) is 8.86. The Bertz CT molecular complexity index is 742. The number of likely N-dealkylation sites (N-methyl/N-ethyl adjacent to an activating group) is 1. The number of hydrogen-bond donors (Lipinski definition) is 1. The average molecular weight is 406 g/mol. The van der Waals surface area contributed by atoms with Crippen LogP contribution in [0, 0.1) is 30.1 Å². The molecule has 0 aromatic carbocycles. The molecule has 2 fully saturated rings. The number of thiazole rings is 1. The second kappa shape index (κ2) is 7.37. The summed E-state index contributed by atoms with van der Waals surface area (Å²) in [5.74, 6) is 0.600. The van der Waals surface area contributed by atoms with Crippen LogP contribution >= 0.6 is 11.3 Å². The highest BCUT2D eigenvalue weighted by molar-refractivity contribution is 7.11. The summed E-state index contributed by atoms with van der Waals surface area (Å²) < 4.78 is 0. The third-order valence-electron chi connectivity index (χ3n) is 7.88. The molecule has 1 saturated carbocycles. The van der Waals surface area contributed by atoms with Crippen molar-refractivity contribution in [3.63, 3.8) is 0 Å². The molecule has 6 atom stereocenters. The molecule has 1 aromatic rings. The number of piperazine rings is 1. The maximum atomic E-state index is 13.2. The smallest absolute Gasteiger partial charge is 0.225 e. The van der Waals surface area contributed by atoms with Crippen LogP contribution in [0.4, 0.5) is 0 Å². The molecular formula is C22H35N3O2S. The molecule has 1 N–H and O–H groups in total. The van der Waals surface area contributed by atoms with E-state index in [2.05, 4.69) is 32.7 Å². The Kier molecular flexibility index (Phi) is 5.34. The lowest BCUT2D eigenvalue weighted by Crippen LogP contribution is -2.55. The summed E-state index contributed by atoms with van der Waals surface area (Å²) in [4.78, 5) is 23.7. The van der Waals surface area contributed by atoms with Gasteiger partial charge in [0.15, 0.2) is 0 Å². The maximum absolute atomic E-state index is 13.2. The number of fused-ring (bicyclic) bond motifs is 2. The zero-order valence-corrected chi connectivity index (χ0v) is 18.8. The largest absolute Gasteiger partial charge is 0.392 e. The van der Waals surface area contributed by atoms with Gasteiger partial charge in [0, 0.05) is 42.9 Å². The molecule has 28 heavy (non-hydrogen) atoms. The van der Waals surface area contributed by atoms with Gasteiger partial charge in [-0.05, 0) is 50.5 Å². The maximum Gasteiger partial charge on any atom is 0.225 e. The minimum absolute atomic E-state index is 0.0500. The van der Waals surface area contributed by atoms with Crippen LogP contribution in [-0.2, 0) is 11.2 Å². The van der Waals surface area contributed by atoms with E-state index in [-0.39, 0.29) is 35.0 Å². The van der Waals surface area contributed by atoms with E-state index < -0.39 is 6.10 Å². The van der Waals surface area contributed by atoms with Crippen molar-refractivity contribution in [1.29, 1.82) is 0 Å². The number of aromatic nitrogens is 1. The quantitative estimate of drug-likeness (QED) is 0.822. The Hall–Kier alpha value is -0.980. The van der Waals surface area contributed by atoms with E-state index in [0.717, 1.165) is 50.4 Å². The monoisotopic (exact) mass is 405 g/mol. The Morgan fingerprint density at radius 1 is 1.32 bits per heavy atom. The van der Waals surface area contributed by atoms with Gasteiger partial charge in [0.05, 0.1) is 16.8 Å². The van der Waals surface area contributed by atoms with E-state index in [1.165, 1.54) is 10.6 Å². The van der Waals surface area contributed by atoms with Crippen molar-refractivity contribution in [3.8, 4) is 0 Å². The van der Waals surface area contributed by atoms with Crippen LogP contribution in [0.25, 0.3) is 0 Å². The van der Waals surface area contributed by atoms with Crippen molar-refractivity contribution < 1.29 is 9.90 Å². The van der Waals surface area contributed by atoms with Gasteiger partial charge in [-0.15, -0.1) is 11.3 Å². The summed E-state index contributed by atoms with van der Waals surface area (Å²) in [5.41, 5.74) is 1.31. The number of aliphatic hydroxyl groups is 1. The van der Waals surface area contributed by atoms with Crippen molar-refractivity contribution in [1.82, 2.24) is 14.8 Å². The van der Waals surface area contributed by atoms with E-state index in [1.54, 1.807) is 0 Å². The van der Waals surface area contributed by atoms with Crippen molar-refractivity contribution in [2.75, 3.05) is 33.2 Å². The number of carbonyl (C=O) groups excluding carboxylic acids is 1. The SMILES string of the molecule is Cc1nc2c(s1)C[C@]1(C)CC[C@@H]([C@H](C)C(=O)N3CCN(C)CC3)[C@H](O)[C@H]1[C@@H]2C. The lowest BCUT2D eigenvalue weighted by atomic mass is 9.53. The Morgan fingerprint density at radius 2 is 2.00 bits per heavy atom. The third kappa shape index (κ3) is 3.31. The predicted molar refractivity (Wildman–Crippen MR) is 113 cm³/mol. The first-order chi connectivity index (χ1) is 13.2. The van der Waals surface area contributed by atoms with Crippen molar-refractivity contribution in [2.24, 2.45) is 23.2 Å². The van der Waals surface area contributed by atoms with Gasteiger partial charge in [-0.3, -0.25) is 4.79 Å². The molecule has 0 spiro atoms. The topological polar surface area (TPSA) is 56.7 Å². The first-order valence-electron chi connectivity index (χ1n) is 10.8. The van der Waals surface area contributed by atoms with E-state index >= 15 is 0 Å². The molecule has 0 radical (unpaired) electrons. The lowest BCUT2D eigenvalue weighted by molar-refractivity contribution is -0.146. The fourth-order valence-electron chi connectivity index (χ4n) is 6.17. The fourth-order valence-corrected chi connectivity index (χ4v) is 7.40. The Labute approximate surface area is 173 Å². The molecular weight excluding hydrogens is 370 g/mol. The molecule has 6 heteroatoms. The van der Waals surface area contributed by atoms with E-state index in [9.17, 15) is 9.90 Å². The van der Waals surface area contributed by atoms with E-state index in [0.29, 0.717) is 0 Å². The van der Waals surface area contributed by atoms with Crippen molar-refractivity contribution in [2.45, 2.75) is 59.0 Å². The minimum atomic E-state index is -0.435. The highest BCUT2D eigenvalue weighted by Gasteiger charge is 2.54. The summed E-state index contributed by atoms with van der Waals surface area (Å²) in [6.07, 6.45) is 2.61. The average Bonchev–Trinajstić information content (AvgIpc) is 3.01. The first kappa shape index (κ1) is 20.3. The highest BCUT2D eigenvalue weighted by Crippen LogP contribution is 2.57. The molecule has 0 unspecified atom stereocenters. The molecule has 4 rings (SSSR count). The van der Waals surface area contributed by atoms with Crippen LogP contribution in [0.2, 0.25) is 0 Å². The zero-order valence-electron chi connectivity index (χ0n) is 17.9. The number of amides is 1. The van der Waals surface area contributed by atoms with Crippen molar-refractivity contribution >= 4 is 17.2 Å². The summed E-state index contributed by atoms with van der Waals surface area (Å²) >= 11 is 1.82. The molecule has 1 saturated heterocycles. The fraction of sp³-hybridized carbons (Fsp3) is 0.818. The second-order valence-electron chi connectivity index (χ2n) is 9.80. The number of aryl methyl sites for hydroxylation is 1. The number of aliphatic hydroxyl groups excluding tert-OH is 1. The van der Waals surface area contributed by atoms with Crippen LogP contribution in [-0.4, -0.2) is 65.1 Å². The molecule has 5 nitrogen and oxygen atoms in total. The number of nitrogens with zero attached hydrogens (tertiary/aromatic N) is 3. The van der Waals surface area contributed by atoms with Crippen LogP contribution in [0.5, 0.6) is 0 Å². The summed E-state index contributed by atoms with van der Waals surface area (Å²) in [7, 11) is 2.11. The van der Waals surface area contributed by atoms with Crippen LogP contribution in [0.15, 0.2) is 0 Å². The van der Waals surface area contributed by atoms with E-state index in [1.807, 2.05) is 23.2 Å². The van der Waals surface area contributed by atoms with Crippen LogP contribution in [0.3, 0.4) is 0 Å². The van der Waals surface area contributed by atoms with Crippen LogP contribution < -0.4 is 0 Å². The molecule has 0 bridgehead atoms. The number of rotatable bonds is 2. The van der Waals surface area contributed by atoms with Gasteiger partial charge < -0.3 is 14.9 Å². The summed E-state index contributed by atoms with van der Waals surface area (Å²) in [6.45, 7) is 12.2. The van der Waals surface area contributed by atoms with E-state index in [4.69, 9.17) is 4.98 Å². The standard InChI is InChI=1S/C22H35N3O2S/c1-13(21(27)25-10-8-24(5)9-11-25)16-6-7-22(4)12-17-19(23-15(3)28-17)14(2)18(22)20(16)26/h13-14,16,18,20,26H,6-12H2,1-5H3/t13-,14-,16-,18+,20-,22-/m0/s1. The zero-order chi connectivity index (χ0) is 20.2. The van der Waals surface area contributed by atoms with Gasteiger partial charge in [-0.1, -0.05) is 20.8 Å². The number of hydrogen-bond acceptors (Lipinski definition) is 5. The van der Waals surface area contributed by atoms with Gasteiger partial charge in [-0.25, -0.2) is 4.98 Å². The molecule has 2 aliphatic carbocycles. The normalized spacial score (nSPS) is 37.3. The second-order valence-corrected chi connectivity index (χ2v) is 11.1. The first-order valence-corrected chi connectivity index (χ1v) is 11.6. The summed E-state index contributed by atoms with van der Waals surface area (Å²) in [5, 5.41) is 12.6. The predicted octanol–water partition coefficient (Wildman–Crippen LogP) is 2.91. The van der Waals surface area contributed by atoms with Gasteiger partial charge in [0.2, 0.25) is 5.91 Å². The highest BCUT2D eigenvalue weighted by atomic mass is 32.1.